The predicted octanol–water partition coefficient (Wildman–Crippen LogP) is 4.81. The van der Waals surface area contributed by atoms with Crippen LogP contribution in [0.25, 0.3) is 21.9 Å². The molecule has 5 heterocycles. The number of hydrogen-bond acceptors (Lipinski definition) is 9. The summed E-state index contributed by atoms with van der Waals surface area (Å²) in [5, 5.41) is 20.3. The molecule has 14 nitrogen and oxygen atoms in total. The van der Waals surface area contributed by atoms with Gasteiger partial charge in [-0.15, -0.1) is 0 Å². The van der Waals surface area contributed by atoms with Gasteiger partial charge in [-0.25, -0.2) is 4.79 Å². The van der Waals surface area contributed by atoms with Crippen molar-refractivity contribution in [1.29, 1.82) is 5.26 Å². The highest BCUT2D eigenvalue weighted by molar-refractivity contribution is 6.06. The van der Waals surface area contributed by atoms with Crippen molar-refractivity contribution in [2.24, 2.45) is 13.0 Å². The first-order valence-corrected chi connectivity index (χ1v) is 18.7. The molecule has 0 radical (unpaired) electrons. The van der Waals surface area contributed by atoms with Gasteiger partial charge in [0.15, 0.2) is 0 Å². The molecule has 8 rings (SSSR count). The van der Waals surface area contributed by atoms with Crippen LogP contribution in [0.3, 0.4) is 0 Å². The normalized spacial score (nSPS) is 21.2. The lowest BCUT2D eigenvalue weighted by molar-refractivity contribution is -0.135. The summed E-state index contributed by atoms with van der Waals surface area (Å²) in [5.74, 6) is 0.464. The van der Waals surface area contributed by atoms with E-state index in [1.807, 2.05) is 24.3 Å². The monoisotopic (exact) mass is 729 g/mol. The summed E-state index contributed by atoms with van der Waals surface area (Å²) in [4.78, 5) is 57.1. The van der Waals surface area contributed by atoms with Gasteiger partial charge in [-0.1, -0.05) is 6.07 Å². The molecule has 54 heavy (non-hydrogen) atoms. The first-order valence-electron chi connectivity index (χ1n) is 18.7. The second kappa shape index (κ2) is 14.5. The number of nitrogens with zero attached hydrogens (tertiary/aromatic N) is 7. The Morgan fingerprint density at radius 1 is 1.00 bits per heavy atom. The fourth-order valence-corrected chi connectivity index (χ4v) is 8.62. The smallest absolute Gasteiger partial charge is 0.329 e. The molecule has 2 N–H and O–H groups in total. The number of aryl methyl sites for hydroxylation is 1. The molecule has 1 atom stereocenters. The van der Waals surface area contributed by atoms with E-state index in [1.165, 1.54) is 24.0 Å². The van der Waals surface area contributed by atoms with Crippen LogP contribution in [0.2, 0.25) is 0 Å². The van der Waals surface area contributed by atoms with Crippen LogP contribution in [0.4, 0.5) is 5.69 Å². The molecule has 3 aromatic heterocycles. The number of methoxy groups -OCH3 is 1. The maximum absolute atomic E-state index is 13.2. The highest BCUT2D eigenvalue weighted by Gasteiger charge is 2.32. The number of amides is 3. The Labute approximate surface area is 311 Å². The molecule has 1 saturated carbocycles. The number of rotatable bonds is 8. The third kappa shape index (κ3) is 6.75. The molecule has 5 aromatic rings. The molecular formula is C40H43N9O5. The minimum absolute atomic E-state index is 0.223. The van der Waals surface area contributed by atoms with Crippen LogP contribution in [0.15, 0.2) is 59.8 Å². The highest BCUT2D eigenvalue weighted by atomic mass is 16.5. The molecule has 2 aliphatic heterocycles. The number of aromatic nitrogens is 5. The van der Waals surface area contributed by atoms with Gasteiger partial charge < -0.3 is 15.0 Å². The number of likely N-dealkylation sites (tertiary alicyclic amines) is 1. The number of carbonyl (C=O) groups excluding carboxylic acids is 3. The zero-order valence-corrected chi connectivity index (χ0v) is 30.5. The largest absolute Gasteiger partial charge is 0.494 e. The number of benzene rings is 2. The first-order chi connectivity index (χ1) is 26.2. The number of anilines is 1. The number of hydrogen-bond donors (Lipinski definition) is 2. The Hall–Kier alpha value is -5.81. The van der Waals surface area contributed by atoms with Gasteiger partial charge in [0.1, 0.15) is 17.9 Å². The second-order valence-electron chi connectivity index (χ2n) is 14.9. The quantitative estimate of drug-likeness (QED) is 0.213. The number of pyridine rings is 1. The van der Waals surface area contributed by atoms with Gasteiger partial charge in [0, 0.05) is 50.1 Å². The Morgan fingerprint density at radius 2 is 1.80 bits per heavy atom. The number of nitrogens with one attached hydrogen (secondary N) is 2. The van der Waals surface area contributed by atoms with Crippen LogP contribution in [-0.4, -0.2) is 73.3 Å². The Balaban J connectivity index is 0.859. The first kappa shape index (κ1) is 35.2. The molecule has 3 fully saturated rings. The Kier molecular flexibility index (Phi) is 9.49. The van der Waals surface area contributed by atoms with Gasteiger partial charge in [-0.3, -0.25) is 38.5 Å². The van der Waals surface area contributed by atoms with Crippen LogP contribution in [0.1, 0.15) is 90.9 Å². The van der Waals surface area contributed by atoms with E-state index >= 15 is 0 Å². The molecule has 2 aromatic carbocycles. The molecule has 14 heteroatoms. The fourth-order valence-electron chi connectivity index (χ4n) is 8.62. The van der Waals surface area contributed by atoms with E-state index in [4.69, 9.17) is 9.84 Å². The van der Waals surface area contributed by atoms with Gasteiger partial charge >= 0.3 is 5.69 Å². The van der Waals surface area contributed by atoms with Crippen LogP contribution in [0, 0.1) is 17.2 Å². The van der Waals surface area contributed by atoms with Crippen molar-refractivity contribution in [1.82, 2.24) is 34.1 Å². The van der Waals surface area contributed by atoms with Crippen LogP contribution < -0.4 is 21.1 Å². The van der Waals surface area contributed by atoms with Crippen LogP contribution in [-0.2, 0) is 16.6 Å². The van der Waals surface area contributed by atoms with E-state index < -0.39 is 11.9 Å². The molecule has 0 bridgehead atoms. The standard InChI is InChI=1S/C40H43N9O5/c1-46-35-17-27(5-8-33(35)49(40(46)53)34-9-10-37(50)44-39(34)52)26-11-13-47(14-12-26)22-24-3-6-30(7-4-24)48-23-29-16-32(36(54-2)18-31(29)45-48)43-38(51)28-15-25(19-41)20-42-21-28/h5,8,15-18,20-21,23-24,26,30,34H,3-4,6-7,9-14,22H2,1-2H3,(H,43,51)(H,44,50,52). The van der Waals surface area contributed by atoms with Gasteiger partial charge in [0.25, 0.3) is 5.91 Å². The minimum Gasteiger partial charge on any atom is -0.494 e. The summed E-state index contributed by atoms with van der Waals surface area (Å²) < 4.78 is 10.8. The fraction of sp³-hybridized carbons (Fsp3) is 0.425. The van der Waals surface area contributed by atoms with Gasteiger partial charge in [-0.05, 0) is 99.7 Å². The number of fused-ring (bicyclic) bond motifs is 2. The molecule has 1 unspecified atom stereocenters. The lowest BCUT2D eigenvalue weighted by Crippen LogP contribution is -2.44. The highest BCUT2D eigenvalue weighted by Crippen LogP contribution is 2.37. The molecule has 2 saturated heterocycles. The van der Waals surface area contributed by atoms with Crippen molar-refractivity contribution < 1.29 is 19.1 Å². The van der Waals surface area contributed by atoms with Gasteiger partial charge in [-0.2, -0.15) is 10.4 Å². The summed E-state index contributed by atoms with van der Waals surface area (Å²) in [6.07, 6.45) is 11.9. The summed E-state index contributed by atoms with van der Waals surface area (Å²) in [7, 11) is 3.31. The maximum Gasteiger partial charge on any atom is 0.329 e. The third-order valence-corrected chi connectivity index (χ3v) is 11.6. The molecule has 3 amide bonds. The molecular weight excluding hydrogens is 686 g/mol. The van der Waals surface area contributed by atoms with Gasteiger partial charge in [0.05, 0.1) is 46.5 Å². The van der Waals surface area contributed by atoms with Crippen molar-refractivity contribution in [3.8, 4) is 11.8 Å². The van der Waals surface area contributed by atoms with E-state index in [9.17, 15) is 24.4 Å². The van der Waals surface area contributed by atoms with Crippen molar-refractivity contribution in [2.75, 3.05) is 32.1 Å². The summed E-state index contributed by atoms with van der Waals surface area (Å²) in [6.45, 7) is 3.16. The number of imide groups is 1. The number of nitriles is 1. The average Bonchev–Trinajstić information content (AvgIpc) is 3.72. The zero-order chi connectivity index (χ0) is 37.5. The molecule has 278 valence electrons. The van der Waals surface area contributed by atoms with Crippen LogP contribution in [0.5, 0.6) is 5.75 Å². The van der Waals surface area contributed by atoms with Crippen molar-refractivity contribution in [3.63, 3.8) is 0 Å². The van der Waals surface area contributed by atoms with E-state index in [1.54, 1.807) is 23.3 Å². The van der Waals surface area contributed by atoms with Crippen molar-refractivity contribution in [2.45, 2.75) is 69.4 Å². The predicted molar refractivity (Wildman–Crippen MR) is 201 cm³/mol. The third-order valence-electron chi connectivity index (χ3n) is 11.6. The van der Waals surface area contributed by atoms with E-state index in [0.29, 0.717) is 46.9 Å². The summed E-state index contributed by atoms with van der Waals surface area (Å²) in [6, 6.07) is 13.0. The summed E-state index contributed by atoms with van der Waals surface area (Å²) in [5.41, 5.74) is 4.46. The van der Waals surface area contributed by atoms with Gasteiger partial charge in [0.2, 0.25) is 11.8 Å². The maximum atomic E-state index is 13.2. The van der Waals surface area contributed by atoms with E-state index in [0.717, 1.165) is 80.1 Å². The number of imidazole rings is 1. The van der Waals surface area contributed by atoms with E-state index in [2.05, 4.69) is 43.5 Å². The number of piperidine rings is 2. The molecule has 1 aliphatic carbocycles. The molecule has 0 spiro atoms. The van der Waals surface area contributed by atoms with Crippen molar-refractivity contribution in [3.05, 3.63) is 82.2 Å². The lowest BCUT2D eigenvalue weighted by atomic mass is 9.84. The second-order valence-corrected chi connectivity index (χ2v) is 14.9. The average molecular weight is 730 g/mol. The topological polar surface area (TPSA) is 169 Å². The SMILES string of the molecule is COc1cc2nn(C3CCC(CN4CCC(c5ccc6c(c5)n(C)c(=O)n6C5CCC(=O)NC5=O)CC4)CC3)cc2cc1NC(=O)c1cncc(C#N)c1. The summed E-state index contributed by atoms with van der Waals surface area (Å²) >= 11 is 0. The molecule has 3 aliphatic rings. The lowest BCUT2D eigenvalue weighted by Gasteiger charge is -2.36. The van der Waals surface area contributed by atoms with Crippen LogP contribution >= 0.6 is 0 Å². The minimum atomic E-state index is -0.680. The van der Waals surface area contributed by atoms with Crippen molar-refractivity contribution >= 4 is 45.3 Å². The Morgan fingerprint density at radius 3 is 2.54 bits per heavy atom. The number of ether oxygens (including phenoxy) is 1. The van der Waals surface area contributed by atoms with E-state index in [-0.39, 0.29) is 23.9 Å². The number of carbonyl (C=O) groups is 3. The Bertz CT molecular complexity index is 2370. The zero-order valence-electron chi connectivity index (χ0n) is 30.5.